The van der Waals surface area contributed by atoms with E-state index in [-0.39, 0.29) is 17.9 Å². The quantitative estimate of drug-likeness (QED) is 0.243. The average Bonchev–Trinajstić information content (AvgIpc) is 3.25. The van der Waals surface area contributed by atoms with Crippen molar-refractivity contribution in [3.63, 3.8) is 0 Å². The molecule has 0 radical (unpaired) electrons. The van der Waals surface area contributed by atoms with Crippen LogP contribution in [0.25, 0.3) is 11.8 Å². The van der Waals surface area contributed by atoms with Crippen molar-refractivity contribution in [2.24, 2.45) is 4.99 Å². The van der Waals surface area contributed by atoms with Crippen LogP contribution in [-0.2, 0) is 9.53 Å². The fourth-order valence-corrected chi connectivity index (χ4v) is 6.86. The van der Waals surface area contributed by atoms with Crippen molar-refractivity contribution in [2.75, 3.05) is 6.61 Å². The third-order valence-corrected chi connectivity index (χ3v) is 8.82. The van der Waals surface area contributed by atoms with E-state index in [0.29, 0.717) is 41.0 Å². The standard InChI is InChI=1S/C31H26Br2N2O4S/c1-4-39-30(38)25-26(20-8-6-5-7-9-20)34-31-35(27(25)21-12-10-19(11-13-21)17(2)3)29(37)24(40-31)16-18-14-22(32)28(36)23(33)15-18/h5-17,27,36H,4H2,1-3H3/b24-16-/t27-/m0/s1. The molecule has 0 bridgehead atoms. The van der Waals surface area contributed by atoms with Gasteiger partial charge in [0.25, 0.3) is 5.56 Å². The van der Waals surface area contributed by atoms with Crippen LogP contribution < -0.4 is 14.9 Å². The number of hydrogen-bond donors (Lipinski definition) is 1. The van der Waals surface area contributed by atoms with Gasteiger partial charge in [-0.2, -0.15) is 0 Å². The van der Waals surface area contributed by atoms with Crippen molar-refractivity contribution in [1.82, 2.24) is 4.57 Å². The number of phenolic OH excluding ortho intramolecular Hbond substituents is 1. The van der Waals surface area contributed by atoms with Crippen LogP contribution in [0.15, 0.2) is 91.0 Å². The number of benzene rings is 3. The molecular formula is C31H26Br2N2O4S. The van der Waals surface area contributed by atoms with E-state index in [1.165, 1.54) is 11.3 Å². The normalized spacial score (nSPS) is 15.2. The van der Waals surface area contributed by atoms with Crippen molar-refractivity contribution in [1.29, 1.82) is 0 Å². The van der Waals surface area contributed by atoms with Gasteiger partial charge in [-0.15, -0.1) is 0 Å². The molecule has 1 aromatic heterocycles. The summed E-state index contributed by atoms with van der Waals surface area (Å²) in [6.45, 7) is 6.19. The first-order chi connectivity index (χ1) is 19.2. The first kappa shape index (κ1) is 28.3. The van der Waals surface area contributed by atoms with E-state index < -0.39 is 12.0 Å². The van der Waals surface area contributed by atoms with E-state index in [0.717, 1.165) is 16.7 Å². The average molecular weight is 682 g/mol. The first-order valence-corrected chi connectivity index (χ1v) is 15.2. The van der Waals surface area contributed by atoms with Gasteiger partial charge in [-0.3, -0.25) is 9.36 Å². The molecule has 40 heavy (non-hydrogen) atoms. The maximum atomic E-state index is 14.0. The number of carbonyl (C=O) groups excluding carboxylic acids is 1. The Hall–Kier alpha value is -3.27. The van der Waals surface area contributed by atoms with Gasteiger partial charge in [-0.05, 0) is 79.6 Å². The fraction of sp³-hybridized carbons (Fsp3) is 0.194. The molecule has 1 aliphatic rings. The van der Waals surface area contributed by atoms with Crippen molar-refractivity contribution in [3.8, 4) is 5.75 Å². The predicted molar refractivity (Wildman–Crippen MR) is 165 cm³/mol. The SMILES string of the molecule is CCOC(=O)C1=C(c2ccccc2)N=c2s/c(=C\c3cc(Br)c(O)c(Br)c3)c(=O)n2[C@H]1c1ccc(C(C)C)cc1. The minimum absolute atomic E-state index is 0.0787. The van der Waals surface area contributed by atoms with Crippen LogP contribution in [-0.4, -0.2) is 22.2 Å². The number of esters is 1. The van der Waals surface area contributed by atoms with Crippen molar-refractivity contribution in [3.05, 3.63) is 123 Å². The number of halogens is 2. The predicted octanol–water partition coefficient (Wildman–Crippen LogP) is 6.29. The number of thiazole rings is 1. The highest BCUT2D eigenvalue weighted by atomic mass is 79.9. The lowest BCUT2D eigenvalue weighted by molar-refractivity contribution is -0.138. The number of hydrogen-bond acceptors (Lipinski definition) is 6. The molecule has 3 aromatic carbocycles. The highest BCUT2D eigenvalue weighted by molar-refractivity contribution is 9.11. The third kappa shape index (κ3) is 5.38. The molecule has 0 aliphatic carbocycles. The molecule has 1 aliphatic heterocycles. The monoisotopic (exact) mass is 680 g/mol. The zero-order valence-corrected chi connectivity index (χ0v) is 26.0. The zero-order chi connectivity index (χ0) is 28.6. The first-order valence-electron chi connectivity index (χ1n) is 12.8. The Labute approximate surface area is 252 Å². The van der Waals surface area contributed by atoms with E-state index >= 15 is 0 Å². The lowest BCUT2D eigenvalue weighted by Gasteiger charge is -2.26. The zero-order valence-electron chi connectivity index (χ0n) is 22.0. The second kappa shape index (κ2) is 11.7. The smallest absolute Gasteiger partial charge is 0.338 e. The summed E-state index contributed by atoms with van der Waals surface area (Å²) in [5.41, 5.74) is 3.96. The number of nitrogens with zero attached hydrogens (tertiary/aromatic N) is 2. The molecule has 5 rings (SSSR count). The molecule has 6 nitrogen and oxygen atoms in total. The number of ether oxygens (including phenoxy) is 1. The molecule has 0 unspecified atom stereocenters. The molecule has 0 amide bonds. The Morgan fingerprint density at radius 3 is 2.35 bits per heavy atom. The van der Waals surface area contributed by atoms with Crippen LogP contribution in [0.2, 0.25) is 0 Å². The van der Waals surface area contributed by atoms with Crippen molar-refractivity contribution < 1.29 is 14.6 Å². The largest absolute Gasteiger partial charge is 0.506 e. The molecule has 204 valence electrons. The van der Waals surface area contributed by atoms with Gasteiger partial charge in [-0.1, -0.05) is 79.8 Å². The Balaban J connectivity index is 1.81. The Morgan fingerprint density at radius 1 is 1.10 bits per heavy atom. The third-order valence-electron chi connectivity index (χ3n) is 6.63. The topological polar surface area (TPSA) is 80.9 Å². The van der Waals surface area contributed by atoms with E-state index in [2.05, 4.69) is 45.7 Å². The lowest BCUT2D eigenvalue weighted by Crippen LogP contribution is -2.40. The van der Waals surface area contributed by atoms with E-state index in [1.807, 2.05) is 54.6 Å². The number of aromatic hydroxyl groups is 1. The van der Waals surface area contributed by atoms with Gasteiger partial charge in [0.2, 0.25) is 0 Å². The van der Waals surface area contributed by atoms with Gasteiger partial charge in [0.15, 0.2) is 4.80 Å². The minimum atomic E-state index is -0.729. The van der Waals surface area contributed by atoms with E-state index in [1.54, 1.807) is 29.7 Å². The number of phenols is 1. The Kier molecular flexibility index (Phi) is 8.26. The van der Waals surface area contributed by atoms with Crippen LogP contribution in [0.3, 0.4) is 0 Å². The number of aromatic nitrogens is 1. The lowest BCUT2D eigenvalue weighted by atomic mass is 9.91. The van der Waals surface area contributed by atoms with Gasteiger partial charge in [0.1, 0.15) is 5.75 Å². The molecule has 0 saturated heterocycles. The van der Waals surface area contributed by atoms with Gasteiger partial charge in [0, 0.05) is 5.56 Å². The summed E-state index contributed by atoms with van der Waals surface area (Å²) in [5.74, 6) is -0.0984. The molecule has 0 saturated carbocycles. The second-order valence-corrected chi connectivity index (χ2v) is 12.3. The van der Waals surface area contributed by atoms with Crippen LogP contribution in [0, 0.1) is 0 Å². The summed E-state index contributed by atoms with van der Waals surface area (Å²) in [4.78, 5) is 33.0. The molecule has 0 spiro atoms. The maximum Gasteiger partial charge on any atom is 0.338 e. The fourth-order valence-electron chi connectivity index (χ4n) is 4.64. The molecule has 4 aromatic rings. The van der Waals surface area contributed by atoms with Crippen LogP contribution in [0.4, 0.5) is 0 Å². The van der Waals surface area contributed by atoms with Crippen LogP contribution in [0.5, 0.6) is 5.75 Å². The molecular weight excluding hydrogens is 656 g/mol. The highest BCUT2D eigenvalue weighted by Gasteiger charge is 2.35. The molecule has 1 atom stereocenters. The van der Waals surface area contributed by atoms with Crippen LogP contribution in [0.1, 0.15) is 55.0 Å². The maximum absolute atomic E-state index is 14.0. The van der Waals surface area contributed by atoms with Gasteiger partial charge < -0.3 is 9.84 Å². The number of rotatable bonds is 6. The molecule has 0 fully saturated rings. The minimum Gasteiger partial charge on any atom is -0.506 e. The summed E-state index contributed by atoms with van der Waals surface area (Å²) in [5, 5.41) is 10.1. The van der Waals surface area contributed by atoms with Gasteiger partial charge in [0.05, 0.1) is 37.4 Å². The van der Waals surface area contributed by atoms with E-state index in [9.17, 15) is 14.7 Å². The Morgan fingerprint density at radius 2 is 1.75 bits per heavy atom. The molecule has 2 heterocycles. The highest BCUT2D eigenvalue weighted by Crippen LogP contribution is 2.36. The van der Waals surface area contributed by atoms with Crippen LogP contribution >= 0.6 is 43.2 Å². The number of carbonyl (C=O) groups is 1. The van der Waals surface area contributed by atoms with Crippen molar-refractivity contribution >= 4 is 60.9 Å². The van der Waals surface area contributed by atoms with Gasteiger partial charge in [-0.25, -0.2) is 9.79 Å². The second-order valence-electron chi connectivity index (χ2n) is 9.59. The summed E-state index contributed by atoms with van der Waals surface area (Å²) >= 11 is 7.97. The van der Waals surface area contributed by atoms with Crippen molar-refractivity contribution in [2.45, 2.75) is 32.7 Å². The van der Waals surface area contributed by atoms with E-state index in [4.69, 9.17) is 9.73 Å². The summed E-state index contributed by atoms with van der Waals surface area (Å²) in [6.07, 6.45) is 1.76. The molecule has 9 heteroatoms. The number of fused-ring (bicyclic) bond motifs is 1. The summed E-state index contributed by atoms with van der Waals surface area (Å²) < 4.78 is 8.57. The Bertz CT molecular complexity index is 1780. The van der Waals surface area contributed by atoms with Gasteiger partial charge >= 0.3 is 5.97 Å². The summed E-state index contributed by atoms with van der Waals surface area (Å²) in [6, 6.07) is 20.2. The molecule has 1 N–H and O–H groups in total. The summed E-state index contributed by atoms with van der Waals surface area (Å²) in [7, 11) is 0.